The number of alkyl halides is 3. The number of hydrogen-bond donors (Lipinski definition) is 3. The van der Waals surface area contributed by atoms with E-state index >= 15 is 0 Å². The number of nitrogens with zero attached hydrogens (tertiary/aromatic N) is 2. The van der Waals surface area contributed by atoms with Crippen molar-refractivity contribution >= 4 is 22.7 Å². The smallest absolute Gasteiger partial charge is 0.418 e. The number of carbonyl (C=O) groups excluding carboxylic acids is 1. The molecule has 0 saturated carbocycles. The predicted molar refractivity (Wildman–Crippen MR) is 136 cm³/mol. The van der Waals surface area contributed by atoms with Gasteiger partial charge in [-0.05, 0) is 62.1 Å². The molecule has 0 fully saturated rings. The number of rotatable bonds is 9. The summed E-state index contributed by atoms with van der Waals surface area (Å²) in [4.78, 5) is 18.0. The Morgan fingerprint density at radius 3 is 2.39 bits per heavy atom. The first kappa shape index (κ1) is 29.0. The number of pyridine rings is 1. The fourth-order valence-corrected chi connectivity index (χ4v) is 4.36. The number of carbonyl (C=O) groups is 1. The largest absolute Gasteiger partial charge is 0.508 e. The van der Waals surface area contributed by atoms with Crippen LogP contribution in [0.3, 0.4) is 0 Å². The molecule has 0 saturated heterocycles. The number of aromatic hydroxyl groups is 1. The molecule has 3 rings (SSSR count). The molecule has 1 aromatic heterocycles. The Hall–Kier alpha value is -3.60. The van der Waals surface area contributed by atoms with Crippen LogP contribution in [0.2, 0.25) is 0 Å². The van der Waals surface area contributed by atoms with Crippen molar-refractivity contribution in [2.75, 3.05) is 25.0 Å². The van der Waals surface area contributed by atoms with Crippen LogP contribution in [0.25, 0.3) is 10.9 Å². The van der Waals surface area contributed by atoms with Gasteiger partial charge in [0.2, 0.25) is 5.88 Å². The van der Waals surface area contributed by atoms with Crippen molar-refractivity contribution in [2.24, 2.45) is 0 Å². The molecule has 0 aliphatic rings. The molecule has 7 nitrogen and oxygen atoms in total. The van der Waals surface area contributed by atoms with Crippen molar-refractivity contribution in [1.82, 2.24) is 9.88 Å². The van der Waals surface area contributed by atoms with Gasteiger partial charge in [0, 0.05) is 35.8 Å². The lowest BCUT2D eigenvalue weighted by molar-refractivity contribution is -0.260. The Bertz CT molecular complexity index is 1300. The number of anilines is 1. The SMILES string of the molecule is CCN(CC)C(=O)Oc1ccc2c(NCC(O)(CC(C)(C)c3cc(F)ccc3O)C(F)(F)F)cccc2n1. The third-order valence-electron chi connectivity index (χ3n) is 6.44. The molecule has 0 radical (unpaired) electrons. The summed E-state index contributed by atoms with van der Waals surface area (Å²) >= 11 is 0. The topological polar surface area (TPSA) is 94.9 Å². The van der Waals surface area contributed by atoms with E-state index in [9.17, 15) is 32.6 Å². The first-order chi connectivity index (χ1) is 17.7. The number of aliphatic hydroxyl groups is 1. The molecule has 0 spiro atoms. The second-order valence-electron chi connectivity index (χ2n) is 9.67. The van der Waals surface area contributed by atoms with Crippen molar-refractivity contribution < 1.29 is 37.3 Å². The Morgan fingerprint density at radius 2 is 1.76 bits per heavy atom. The number of hydrogen-bond acceptors (Lipinski definition) is 6. The molecule has 0 aliphatic carbocycles. The maximum Gasteiger partial charge on any atom is 0.418 e. The van der Waals surface area contributed by atoms with Crippen LogP contribution in [-0.2, 0) is 5.41 Å². The highest BCUT2D eigenvalue weighted by molar-refractivity contribution is 5.91. The fourth-order valence-electron chi connectivity index (χ4n) is 4.36. The van der Waals surface area contributed by atoms with Gasteiger partial charge in [-0.2, -0.15) is 13.2 Å². The molecule has 2 aromatic carbocycles. The highest BCUT2D eigenvalue weighted by Gasteiger charge is 2.56. The van der Waals surface area contributed by atoms with Crippen LogP contribution in [0, 0.1) is 5.82 Å². The maximum atomic E-state index is 14.2. The Labute approximate surface area is 218 Å². The Kier molecular flexibility index (Phi) is 8.40. The average molecular weight is 538 g/mol. The summed E-state index contributed by atoms with van der Waals surface area (Å²) in [6, 6.07) is 10.7. The van der Waals surface area contributed by atoms with Crippen LogP contribution >= 0.6 is 0 Å². The summed E-state index contributed by atoms with van der Waals surface area (Å²) in [5.74, 6) is -1.05. The Balaban J connectivity index is 1.86. The first-order valence-electron chi connectivity index (χ1n) is 12.1. The molecule has 38 heavy (non-hydrogen) atoms. The van der Waals surface area contributed by atoms with Crippen LogP contribution in [0.4, 0.5) is 28.0 Å². The first-order valence-corrected chi connectivity index (χ1v) is 12.1. The van der Waals surface area contributed by atoms with Crippen molar-refractivity contribution in [1.29, 1.82) is 0 Å². The van der Waals surface area contributed by atoms with Crippen molar-refractivity contribution in [3.8, 4) is 11.6 Å². The van der Waals surface area contributed by atoms with E-state index in [1.54, 1.807) is 32.0 Å². The summed E-state index contributed by atoms with van der Waals surface area (Å²) in [5, 5.41) is 24.1. The van der Waals surface area contributed by atoms with Crippen molar-refractivity contribution in [3.05, 3.63) is 59.9 Å². The number of benzene rings is 2. The van der Waals surface area contributed by atoms with E-state index in [0.717, 1.165) is 18.2 Å². The van der Waals surface area contributed by atoms with Crippen LogP contribution in [-0.4, -0.2) is 57.6 Å². The fraction of sp³-hybridized carbons (Fsp3) is 0.407. The molecular formula is C27H31F4N3O4. The number of fused-ring (bicyclic) bond motifs is 1. The molecule has 206 valence electrons. The third kappa shape index (κ3) is 6.27. The van der Waals surface area contributed by atoms with Gasteiger partial charge in [-0.15, -0.1) is 0 Å². The van der Waals surface area contributed by atoms with Crippen LogP contribution in [0.15, 0.2) is 48.5 Å². The highest BCUT2D eigenvalue weighted by atomic mass is 19.4. The molecule has 1 heterocycles. The van der Waals surface area contributed by atoms with E-state index in [2.05, 4.69) is 10.3 Å². The number of ether oxygens (including phenoxy) is 1. The lowest BCUT2D eigenvalue weighted by Gasteiger charge is -2.38. The molecule has 1 unspecified atom stereocenters. The van der Waals surface area contributed by atoms with E-state index in [4.69, 9.17) is 4.74 Å². The van der Waals surface area contributed by atoms with E-state index in [0.29, 0.717) is 24.0 Å². The molecular weight excluding hydrogens is 506 g/mol. The van der Waals surface area contributed by atoms with Gasteiger partial charge in [0.15, 0.2) is 5.60 Å². The van der Waals surface area contributed by atoms with E-state index in [1.807, 2.05) is 0 Å². The standard InChI is InChI=1S/C27H31F4N3O4/c1-5-34(6-2)24(36)38-23-13-11-18-20(8-7-9-21(18)33-23)32-16-26(37,27(29,30)31)15-25(3,4)19-14-17(28)10-12-22(19)35/h7-14,32,35,37H,5-6,15-16H2,1-4H3. The summed E-state index contributed by atoms with van der Waals surface area (Å²) in [6.07, 6.45) is -6.48. The van der Waals surface area contributed by atoms with Crippen LogP contribution < -0.4 is 10.1 Å². The van der Waals surface area contributed by atoms with Gasteiger partial charge in [0.25, 0.3) is 0 Å². The van der Waals surface area contributed by atoms with E-state index in [-0.39, 0.29) is 22.9 Å². The van der Waals surface area contributed by atoms with Gasteiger partial charge >= 0.3 is 12.3 Å². The average Bonchev–Trinajstić information content (AvgIpc) is 2.83. The van der Waals surface area contributed by atoms with E-state index < -0.39 is 42.1 Å². The second-order valence-corrected chi connectivity index (χ2v) is 9.67. The minimum Gasteiger partial charge on any atom is -0.508 e. The summed E-state index contributed by atoms with van der Waals surface area (Å²) in [5.41, 5.74) is -4.10. The van der Waals surface area contributed by atoms with Crippen LogP contribution in [0.5, 0.6) is 11.6 Å². The molecule has 0 bridgehead atoms. The maximum absolute atomic E-state index is 14.2. The van der Waals surface area contributed by atoms with Crippen molar-refractivity contribution in [3.63, 3.8) is 0 Å². The number of phenols is 1. The molecule has 1 atom stereocenters. The molecule has 11 heteroatoms. The van der Waals surface area contributed by atoms with Gasteiger partial charge in [-0.25, -0.2) is 14.2 Å². The summed E-state index contributed by atoms with van der Waals surface area (Å²) in [7, 11) is 0. The minimum atomic E-state index is -5.05. The van der Waals surface area contributed by atoms with Crippen LogP contribution in [0.1, 0.15) is 39.7 Å². The third-order valence-corrected chi connectivity index (χ3v) is 6.44. The van der Waals surface area contributed by atoms with Gasteiger partial charge in [-0.1, -0.05) is 19.9 Å². The van der Waals surface area contributed by atoms with Gasteiger partial charge in [0.05, 0.1) is 12.1 Å². The number of amides is 1. The molecule has 0 aliphatic heterocycles. The molecule has 3 N–H and O–H groups in total. The zero-order valence-electron chi connectivity index (χ0n) is 21.6. The molecule has 3 aromatic rings. The lowest BCUT2D eigenvalue weighted by atomic mass is 9.74. The number of halogens is 4. The van der Waals surface area contributed by atoms with Gasteiger partial charge in [-0.3, -0.25) is 0 Å². The van der Waals surface area contributed by atoms with E-state index in [1.165, 1.54) is 30.9 Å². The quantitative estimate of drug-likeness (QED) is 0.290. The summed E-state index contributed by atoms with van der Waals surface area (Å²) < 4.78 is 61.6. The van der Waals surface area contributed by atoms with Gasteiger partial charge in [0.1, 0.15) is 11.6 Å². The lowest BCUT2D eigenvalue weighted by Crippen LogP contribution is -2.53. The summed E-state index contributed by atoms with van der Waals surface area (Å²) in [6.45, 7) is 6.38. The number of nitrogens with one attached hydrogen (secondary N) is 1. The number of aromatic nitrogens is 1. The van der Waals surface area contributed by atoms with Gasteiger partial charge < -0.3 is 25.2 Å². The normalized spacial score (nSPS) is 13.7. The minimum absolute atomic E-state index is 0.0370. The molecule has 1 amide bonds. The predicted octanol–water partition coefficient (Wildman–Crippen LogP) is 5.99. The number of phenolic OH excluding ortho intramolecular Hbond substituents is 1. The zero-order valence-corrected chi connectivity index (χ0v) is 21.6. The monoisotopic (exact) mass is 537 g/mol. The van der Waals surface area contributed by atoms with Crippen molar-refractivity contribution in [2.45, 2.75) is 51.3 Å². The Morgan fingerprint density at radius 1 is 1.08 bits per heavy atom. The highest BCUT2D eigenvalue weighted by Crippen LogP contribution is 2.43. The zero-order chi connectivity index (χ0) is 28.3. The second kappa shape index (κ2) is 11.0.